The molecule has 6 rings (SSSR count). The van der Waals surface area contributed by atoms with Gasteiger partial charge in [0.05, 0.1) is 12.8 Å². The highest BCUT2D eigenvalue weighted by molar-refractivity contribution is 6.07. The monoisotopic (exact) mass is 429 g/mol. The lowest BCUT2D eigenvalue weighted by Gasteiger charge is -2.42. The summed E-state index contributed by atoms with van der Waals surface area (Å²) in [6.45, 7) is 1.86. The summed E-state index contributed by atoms with van der Waals surface area (Å²) in [6, 6.07) is 16.8. The highest BCUT2D eigenvalue weighted by Gasteiger charge is 2.36. The second-order valence-electron chi connectivity index (χ2n) is 8.68. The van der Waals surface area contributed by atoms with Crippen LogP contribution >= 0.6 is 0 Å². The first-order valence-electron chi connectivity index (χ1n) is 10.9. The quantitative estimate of drug-likeness (QED) is 0.512. The number of nitrogens with zero attached hydrogens (tertiary/aromatic N) is 2. The molecule has 0 saturated carbocycles. The summed E-state index contributed by atoms with van der Waals surface area (Å²) in [5.41, 5.74) is 3.14. The number of hydrogen-bond donors (Lipinski definition) is 1. The summed E-state index contributed by atoms with van der Waals surface area (Å²) in [7, 11) is 1.60. The smallest absolute Gasteiger partial charge is 0.321 e. The molecule has 1 fully saturated rings. The normalized spacial score (nSPS) is 19.7. The third-order valence-electron chi connectivity index (χ3n) is 6.71. The highest BCUT2D eigenvalue weighted by Crippen LogP contribution is 2.38. The number of ether oxygens (including phenoxy) is 1. The van der Waals surface area contributed by atoms with Crippen molar-refractivity contribution in [3.63, 3.8) is 0 Å². The van der Waals surface area contributed by atoms with E-state index in [1.54, 1.807) is 19.2 Å². The predicted octanol–water partition coefficient (Wildman–Crippen LogP) is 4.41. The van der Waals surface area contributed by atoms with E-state index in [4.69, 9.17) is 9.15 Å². The number of likely N-dealkylation sites (tertiary alicyclic amines) is 1. The van der Waals surface area contributed by atoms with E-state index < -0.39 is 0 Å². The number of methoxy groups -OCH3 is 1. The molecule has 0 spiro atoms. The number of hydrogen-bond acceptors (Lipinski definition) is 4. The van der Waals surface area contributed by atoms with Crippen molar-refractivity contribution >= 4 is 33.7 Å². The molecule has 1 saturated heterocycles. The molecule has 2 aromatic carbocycles. The lowest BCUT2D eigenvalue weighted by Crippen LogP contribution is -2.50. The molecule has 2 aliphatic heterocycles. The van der Waals surface area contributed by atoms with Gasteiger partial charge in [-0.05, 0) is 30.5 Å². The second kappa shape index (κ2) is 7.15. The largest absolute Gasteiger partial charge is 0.495 e. The number of piperidine rings is 1. The van der Waals surface area contributed by atoms with Crippen LogP contribution < -0.4 is 15.6 Å². The minimum atomic E-state index is -0.166. The van der Waals surface area contributed by atoms with Gasteiger partial charge < -0.3 is 23.9 Å². The Morgan fingerprint density at radius 1 is 1.03 bits per heavy atom. The molecule has 2 aliphatic rings. The molecule has 2 amide bonds. The third-order valence-corrected chi connectivity index (χ3v) is 6.71. The zero-order valence-electron chi connectivity index (χ0n) is 17.7. The van der Waals surface area contributed by atoms with Crippen LogP contribution in [0.15, 0.2) is 63.8 Å². The Labute approximate surface area is 184 Å². The Bertz CT molecular complexity index is 1420. The average Bonchev–Trinajstić information content (AvgIpc) is 3.16. The van der Waals surface area contributed by atoms with Crippen LogP contribution in [0.3, 0.4) is 0 Å². The Balaban J connectivity index is 1.29. The molecule has 4 heterocycles. The van der Waals surface area contributed by atoms with Gasteiger partial charge in [-0.15, -0.1) is 0 Å². The van der Waals surface area contributed by atoms with Gasteiger partial charge in [-0.2, -0.15) is 0 Å². The number of benzene rings is 2. The van der Waals surface area contributed by atoms with Crippen LogP contribution in [0.4, 0.5) is 10.5 Å². The third kappa shape index (κ3) is 2.96. The molecule has 0 unspecified atom stereocenters. The van der Waals surface area contributed by atoms with Gasteiger partial charge in [-0.3, -0.25) is 4.79 Å². The lowest BCUT2D eigenvalue weighted by atomic mass is 9.83. The first kappa shape index (κ1) is 19.0. The van der Waals surface area contributed by atoms with Gasteiger partial charge in [-0.1, -0.05) is 24.3 Å². The number of para-hydroxylation sites is 1. The van der Waals surface area contributed by atoms with E-state index in [9.17, 15) is 9.59 Å². The van der Waals surface area contributed by atoms with Crippen molar-refractivity contribution in [3.05, 3.63) is 70.6 Å². The molecule has 2 aromatic heterocycles. The fraction of sp³-hybridized carbons (Fsp3) is 0.280. The Kier molecular flexibility index (Phi) is 4.24. The van der Waals surface area contributed by atoms with Crippen LogP contribution in [0.25, 0.3) is 21.9 Å². The van der Waals surface area contributed by atoms with Crippen molar-refractivity contribution in [2.24, 2.45) is 5.92 Å². The molecule has 7 heteroatoms. The molecular weight excluding hydrogens is 406 g/mol. The zero-order valence-corrected chi connectivity index (χ0v) is 17.7. The Morgan fingerprint density at radius 3 is 2.78 bits per heavy atom. The molecule has 2 bridgehead atoms. The maximum Gasteiger partial charge on any atom is 0.321 e. The van der Waals surface area contributed by atoms with Crippen molar-refractivity contribution in [2.45, 2.75) is 18.9 Å². The number of urea groups is 1. The maximum absolute atomic E-state index is 13.2. The van der Waals surface area contributed by atoms with Gasteiger partial charge in [0.1, 0.15) is 16.9 Å². The van der Waals surface area contributed by atoms with E-state index in [2.05, 4.69) is 5.32 Å². The fourth-order valence-corrected chi connectivity index (χ4v) is 5.27. The maximum atomic E-state index is 13.2. The predicted molar refractivity (Wildman–Crippen MR) is 122 cm³/mol. The van der Waals surface area contributed by atoms with Crippen molar-refractivity contribution in [2.75, 3.05) is 25.5 Å². The van der Waals surface area contributed by atoms with Crippen molar-refractivity contribution < 1.29 is 13.9 Å². The number of rotatable bonds is 2. The fourth-order valence-electron chi connectivity index (χ4n) is 5.27. The number of carbonyl (C=O) groups excluding carboxylic acids is 1. The van der Waals surface area contributed by atoms with Gasteiger partial charge >= 0.3 is 6.03 Å². The molecule has 2 atom stereocenters. The van der Waals surface area contributed by atoms with E-state index in [0.29, 0.717) is 36.7 Å². The molecule has 7 nitrogen and oxygen atoms in total. The van der Waals surface area contributed by atoms with Gasteiger partial charge in [0.2, 0.25) is 0 Å². The van der Waals surface area contributed by atoms with Crippen molar-refractivity contribution in [1.29, 1.82) is 0 Å². The Hall–Kier alpha value is -3.74. The van der Waals surface area contributed by atoms with Crippen molar-refractivity contribution in [1.82, 2.24) is 9.47 Å². The first-order valence-corrected chi connectivity index (χ1v) is 10.9. The topological polar surface area (TPSA) is 76.7 Å². The molecule has 162 valence electrons. The van der Waals surface area contributed by atoms with Crippen LogP contribution in [-0.2, 0) is 6.54 Å². The van der Waals surface area contributed by atoms with E-state index in [1.165, 1.54) is 0 Å². The van der Waals surface area contributed by atoms with Crippen LogP contribution in [0, 0.1) is 5.92 Å². The number of carbonyl (C=O) groups is 1. The number of aromatic nitrogens is 1. The number of nitrogens with one attached hydrogen (secondary N) is 1. The summed E-state index contributed by atoms with van der Waals surface area (Å²) in [5, 5.41) is 4.99. The molecule has 0 radical (unpaired) electrons. The average molecular weight is 429 g/mol. The summed E-state index contributed by atoms with van der Waals surface area (Å²) in [5.74, 6) is 1.03. The molecule has 0 aliphatic carbocycles. The molecular formula is C25H23N3O4. The zero-order chi connectivity index (χ0) is 21.8. The van der Waals surface area contributed by atoms with E-state index in [0.717, 1.165) is 28.5 Å². The van der Waals surface area contributed by atoms with Gasteiger partial charge in [0, 0.05) is 54.2 Å². The van der Waals surface area contributed by atoms with Crippen LogP contribution in [0.1, 0.15) is 18.0 Å². The summed E-state index contributed by atoms with van der Waals surface area (Å²) < 4.78 is 13.4. The van der Waals surface area contributed by atoms with Gasteiger partial charge in [-0.25, -0.2) is 4.79 Å². The summed E-state index contributed by atoms with van der Waals surface area (Å²) >= 11 is 0. The lowest BCUT2D eigenvalue weighted by molar-refractivity contribution is 0.139. The highest BCUT2D eigenvalue weighted by atomic mass is 16.5. The number of amides is 2. The van der Waals surface area contributed by atoms with E-state index >= 15 is 0 Å². The SMILES string of the molecule is COc1cc2c(cc1NC(=O)N1C[C@H]3C[C@@H](C1)c1cccc(=O)n1C3)oc1ccccc12. The number of fused-ring (bicyclic) bond motifs is 7. The number of anilines is 1. The van der Waals surface area contributed by atoms with E-state index in [1.807, 2.05) is 51.9 Å². The van der Waals surface area contributed by atoms with Gasteiger partial charge in [0.25, 0.3) is 5.56 Å². The molecule has 32 heavy (non-hydrogen) atoms. The van der Waals surface area contributed by atoms with Crippen molar-refractivity contribution in [3.8, 4) is 5.75 Å². The van der Waals surface area contributed by atoms with E-state index in [-0.39, 0.29) is 23.4 Å². The number of furan rings is 1. The molecule has 1 N–H and O–H groups in total. The first-order chi connectivity index (χ1) is 15.6. The Morgan fingerprint density at radius 2 is 1.91 bits per heavy atom. The van der Waals surface area contributed by atoms with Crippen LogP contribution in [0.2, 0.25) is 0 Å². The molecule has 4 aromatic rings. The number of pyridine rings is 1. The minimum absolute atomic E-state index is 0.0407. The van der Waals surface area contributed by atoms with Crippen LogP contribution in [0.5, 0.6) is 5.75 Å². The van der Waals surface area contributed by atoms with Crippen LogP contribution in [-0.4, -0.2) is 35.7 Å². The summed E-state index contributed by atoms with van der Waals surface area (Å²) in [4.78, 5) is 27.3. The van der Waals surface area contributed by atoms with Gasteiger partial charge in [0.15, 0.2) is 0 Å². The minimum Gasteiger partial charge on any atom is -0.495 e. The summed E-state index contributed by atoms with van der Waals surface area (Å²) in [6.07, 6.45) is 1.00. The standard InChI is InChI=1S/C25H23N3O4/c1-31-23-10-18-17-5-2-3-7-21(17)32-22(18)11-19(23)26-25(30)27-12-15-9-16(14-27)20-6-4-8-24(29)28(20)13-15/h2-8,10-11,15-16H,9,12-14H2,1H3,(H,26,30)/t15-,16+/m1/s1. The second-order valence-corrected chi connectivity index (χ2v) is 8.68.